The van der Waals surface area contributed by atoms with Crippen LogP contribution < -0.4 is 0 Å². The summed E-state index contributed by atoms with van der Waals surface area (Å²) in [6, 6.07) is 5.95. The van der Waals surface area contributed by atoms with Crippen molar-refractivity contribution < 1.29 is 9.90 Å². The van der Waals surface area contributed by atoms with E-state index < -0.39 is 5.97 Å². The Morgan fingerprint density at radius 3 is 2.52 bits per heavy atom. The van der Waals surface area contributed by atoms with E-state index in [-0.39, 0.29) is 0 Å². The van der Waals surface area contributed by atoms with Crippen molar-refractivity contribution in [1.82, 2.24) is 9.47 Å². The second-order valence-electron chi connectivity index (χ2n) is 6.83. The molecule has 126 valence electrons. The van der Waals surface area contributed by atoms with Gasteiger partial charge in [-0.25, -0.2) is 4.79 Å². The SMILES string of the molecule is CCC[C@H](Cn1cc(C(C)C)c2cc(C(=O)O)ccc21)N(C)C. The zero-order chi connectivity index (χ0) is 17.1. The van der Waals surface area contributed by atoms with Crippen molar-refractivity contribution in [3.8, 4) is 0 Å². The minimum absolute atomic E-state index is 0.356. The van der Waals surface area contributed by atoms with E-state index in [9.17, 15) is 9.90 Å². The highest BCUT2D eigenvalue weighted by molar-refractivity contribution is 5.95. The van der Waals surface area contributed by atoms with Gasteiger partial charge in [-0.3, -0.25) is 0 Å². The summed E-state index contributed by atoms with van der Waals surface area (Å²) in [6.07, 6.45) is 4.51. The van der Waals surface area contributed by atoms with E-state index in [0.29, 0.717) is 17.5 Å². The number of carboxylic acids is 1. The number of benzene rings is 1. The molecule has 0 fully saturated rings. The third kappa shape index (κ3) is 3.75. The molecule has 1 N–H and O–H groups in total. The van der Waals surface area contributed by atoms with E-state index in [4.69, 9.17) is 0 Å². The summed E-state index contributed by atoms with van der Waals surface area (Å²) in [4.78, 5) is 13.5. The van der Waals surface area contributed by atoms with Gasteiger partial charge in [0.05, 0.1) is 5.56 Å². The van der Waals surface area contributed by atoms with Crippen LogP contribution in [0.3, 0.4) is 0 Å². The minimum atomic E-state index is -0.869. The van der Waals surface area contributed by atoms with Gasteiger partial charge in [-0.1, -0.05) is 27.2 Å². The Morgan fingerprint density at radius 1 is 1.30 bits per heavy atom. The topological polar surface area (TPSA) is 45.5 Å². The molecule has 23 heavy (non-hydrogen) atoms. The van der Waals surface area contributed by atoms with E-state index in [0.717, 1.165) is 30.3 Å². The number of likely N-dealkylation sites (N-methyl/N-ethyl adjacent to an activating group) is 1. The van der Waals surface area contributed by atoms with Gasteiger partial charge in [-0.05, 0) is 50.2 Å². The first-order chi connectivity index (χ1) is 10.8. The Kier molecular flexibility index (Phi) is 5.47. The molecule has 1 aromatic carbocycles. The average molecular weight is 316 g/mol. The van der Waals surface area contributed by atoms with Crippen molar-refractivity contribution in [3.05, 3.63) is 35.5 Å². The van der Waals surface area contributed by atoms with Crippen LogP contribution in [0.5, 0.6) is 0 Å². The van der Waals surface area contributed by atoms with Crippen LogP contribution >= 0.6 is 0 Å². The molecule has 1 heterocycles. The highest BCUT2D eigenvalue weighted by Crippen LogP contribution is 2.29. The quantitative estimate of drug-likeness (QED) is 0.833. The molecule has 1 aromatic heterocycles. The number of hydrogen-bond acceptors (Lipinski definition) is 2. The second-order valence-corrected chi connectivity index (χ2v) is 6.83. The first-order valence-corrected chi connectivity index (χ1v) is 8.37. The summed E-state index contributed by atoms with van der Waals surface area (Å²) in [7, 11) is 4.25. The lowest BCUT2D eigenvalue weighted by atomic mass is 10.0. The molecule has 2 rings (SSSR count). The molecule has 0 aliphatic rings. The van der Waals surface area contributed by atoms with Gasteiger partial charge in [0.2, 0.25) is 0 Å². The number of aromatic carboxylic acids is 1. The Morgan fingerprint density at radius 2 is 2.00 bits per heavy atom. The van der Waals surface area contributed by atoms with E-state index in [1.165, 1.54) is 5.56 Å². The molecule has 4 heteroatoms. The second kappa shape index (κ2) is 7.18. The summed E-state index contributed by atoms with van der Waals surface area (Å²) in [6.45, 7) is 7.45. The molecule has 1 atom stereocenters. The minimum Gasteiger partial charge on any atom is -0.478 e. The van der Waals surface area contributed by atoms with Crippen LogP contribution in [0.25, 0.3) is 10.9 Å². The Hall–Kier alpha value is -1.81. The van der Waals surface area contributed by atoms with Crippen LogP contribution in [0.15, 0.2) is 24.4 Å². The molecule has 0 spiro atoms. The van der Waals surface area contributed by atoms with Gasteiger partial charge in [0.15, 0.2) is 0 Å². The van der Waals surface area contributed by atoms with Crippen molar-refractivity contribution in [3.63, 3.8) is 0 Å². The van der Waals surface area contributed by atoms with Crippen molar-refractivity contribution in [2.24, 2.45) is 0 Å². The number of hydrogen-bond donors (Lipinski definition) is 1. The molecule has 0 amide bonds. The Balaban J connectivity index is 2.50. The van der Waals surface area contributed by atoms with Gasteiger partial charge in [-0.2, -0.15) is 0 Å². The monoisotopic (exact) mass is 316 g/mol. The number of nitrogens with zero attached hydrogens (tertiary/aromatic N) is 2. The van der Waals surface area contributed by atoms with E-state index in [2.05, 4.69) is 50.5 Å². The maximum absolute atomic E-state index is 11.3. The van der Waals surface area contributed by atoms with Crippen LogP contribution in [0.2, 0.25) is 0 Å². The van der Waals surface area contributed by atoms with Gasteiger partial charge < -0.3 is 14.6 Å². The number of rotatable bonds is 7. The predicted molar refractivity (Wildman–Crippen MR) is 95.4 cm³/mol. The summed E-state index contributed by atoms with van der Waals surface area (Å²) in [5.74, 6) is -0.502. The third-order valence-corrected chi connectivity index (χ3v) is 4.54. The predicted octanol–water partition coefficient (Wildman–Crippen LogP) is 4.19. The number of aromatic nitrogens is 1. The first-order valence-electron chi connectivity index (χ1n) is 8.37. The van der Waals surface area contributed by atoms with Crippen LogP contribution in [0.4, 0.5) is 0 Å². The maximum Gasteiger partial charge on any atom is 0.335 e. The van der Waals surface area contributed by atoms with Gasteiger partial charge in [-0.15, -0.1) is 0 Å². The molecule has 2 aromatic rings. The molecule has 0 unspecified atom stereocenters. The fourth-order valence-electron chi connectivity index (χ4n) is 3.14. The summed E-state index contributed by atoms with van der Waals surface area (Å²) in [5, 5.41) is 10.3. The van der Waals surface area contributed by atoms with Gasteiger partial charge in [0.25, 0.3) is 0 Å². The van der Waals surface area contributed by atoms with Crippen LogP contribution in [0.1, 0.15) is 55.5 Å². The van der Waals surface area contributed by atoms with Crippen LogP contribution in [-0.2, 0) is 6.54 Å². The molecule has 0 saturated carbocycles. The molecule has 0 aliphatic heterocycles. The van der Waals surface area contributed by atoms with Crippen molar-refractivity contribution in [1.29, 1.82) is 0 Å². The lowest BCUT2D eigenvalue weighted by Gasteiger charge is -2.24. The van der Waals surface area contributed by atoms with Crippen molar-refractivity contribution in [2.75, 3.05) is 14.1 Å². The Labute approximate surface area is 138 Å². The molecular formula is C19H28N2O2. The summed E-state index contributed by atoms with van der Waals surface area (Å²) < 4.78 is 2.29. The number of carbonyl (C=O) groups is 1. The highest BCUT2D eigenvalue weighted by Gasteiger charge is 2.17. The normalized spacial score (nSPS) is 13.2. The zero-order valence-electron chi connectivity index (χ0n) is 14.8. The van der Waals surface area contributed by atoms with E-state index in [1.807, 2.05) is 12.1 Å². The average Bonchev–Trinajstić information content (AvgIpc) is 2.84. The Bertz CT molecular complexity index is 686. The lowest BCUT2D eigenvalue weighted by Crippen LogP contribution is -2.31. The van der Waals surface area contributed by atoms with E-state index in [1.54, 1.807) is 6.07 Å². The van der Waals surface area contributed by atoms with Crippen molar-refractivity contribution >= 4 is 16.9 Å². The van der Waals surface area contributed by atoms with E-state index >= 15 is 0 Å². The smallest absolute Gasteiger partial charge is 0.335 e. The highest BCUT2D eigenvalue weighted by atomic mass is 16.4. The van der Waals surface area contributed by atoms with Gasteiger partial charge in [0.1, 0.15) is 0 Å². The van der Waals surface area contributed by atoms with Crippen LogP contribution in [-0.4, -0.2) is 40.7 Å². The number of carboxylic acid groups (broad SMARTS) is 1. The van der Waals surface area contributed by atoms with Gasteiger partial charge >= 0.3 is 5.97 Å². The third-order valence-electron chi connectivity index (χ3n) is 4.54. The fourth-order valence-corrected chi connectivity index (χ4v) is 3.14. The largest absolute Gasteiger partial charge is 0.478 e. The van der Waals surface area contributed by atoms with Gasteiger partial charge in [0, 0.05) is 29.7 Å². The maximum atomic E-state index is 11.3. The molecule has 0 radical (unpaired) electrons. The zero-order valence-corrected chi connectivity index (χ0v) is 14.8. The fraction of sp³-hybridized carbons (Fsp3) is 0.526. The van der Waals surface area contributed by atoms with Crippen molar-refractivity contribution in [2.45, 2.75) is 52.1 Å². The molecule has 4 nitrogen and oxygen atoms in total. The lowest BCUT2D eigenvalue weighted by molar-refractivity contribution is 0.0697. The molecule has 0 saturated heterocycles. The first kappa shape index (κ1) is 17.5. The molecular weight excluding hydrogens is 288 g/mol. The summed E-state index contributed by atoms with van der Waals surface area (Å²) >= 11 is 0. The summed E-state index contributed by atoms with van der Waals surface area (Å²) in [5.41, 5.74) is 2.70. The number of fused-ring (bicyclic) bond motifs is 1. The van der Waals surface area contributed by atoms with Crippen LogP contribution in [0, 0.1) is 0 Å². The molecule has 0 aliphatic carbocycles. The standard InChI is InChI=1S/C19H28N2O2/c1-6-7-15(20(4)5)11-21-12-17(13(2)3)16-10-14(19(22)23)8-9-18(16)21/h8-10,12-13,15H,6-7,11H2,1-5H3,(H,22,23)/t15-/m1/s1. The molecule has 0 bridgehead atoms.